The molecule has 37 heavy (non-hydrogen) atoms. The number of piperazine rings is 1. The van der Waals surface area contributed by atoms with Crippen molar-refractivity contribution in [3.63, 3.8) is 0 Å². The predicted molar refractivity (Wildman–Crippen MR) is 146 cm³/mol. The molecule has 2 saturated heterocycles. The molecule has 7 rings (SSSR count). The van der Waals surface area contributed by atoms with Gasteiger partial charge in [0.05, 0.1) is 29.0 Å². The van der Waals surface area contributed by atoms with Gasteiger partial charge in [-0.15, -0.1) is 0 Å². The fraction of sp³-hybridized carbons (Fsp3) is 0.692. The van der Waals surface area contributed by atoms with Crippen molar-refractivity contribution in [3.8, 4) is 0 Å². The van der Waals surface area contributed by atoms with Crippen LogP contribution in [0.5, 0.6) is 0 Å². The molecule has 0 atom stereocenters. The van der Waals surface area contributed by atoms with Gasteiger partial charge >= 0.3 is 0 Å². The first-order valence-corrected chi connectivity index (χ1v) is 14.7. The van der Waals surface area contributed by atoms with Gasteiger partial charge in [-0.25, -0.2) is 0 Å². The molecule has 3 aromatic heterocycles. The second kappa shape index (κ2) is 9.76. The van der Waals surface area contributed by atoms with Crippen molar-refractivity contribution in [2.24, 2.45) is 0 Å². The summed E-state index contributed by atoms with van der Waals surface area (Å²) in [6, 6.07) is 1.54. The number of nitrogens with one attached hydrogen (secondary N) is 3. The zero-order valence-electron chi connectivity index (χ0n) is 21.6. The van der Waals surface area contributed by atoms with Crippen LogP contribution in [0.4, 0.5) is 17.5 Å². The third-order valence-electron chi connectivity index (χ3n) is 8.74. The molecule has 5 heterocycles. The highest BCUT2D eigenvalue weighted by molar-refractivity contribution is 7.13. The Bertz CT molecular complexity index is 1240. The van der Waals surface area contributed by atoms with Crippen LogP contribution in [-0.4, -0.2) is 79.5 Å². The predicted octanol–water partition coefficient (Wildman–Crippen LogP) is 3.85. The smallest absolute Gasteiger partial charge is 0.230 e. The lowest BCUT2D eigenvalue weighted by Gasteiger charge is -2.42. The Balaban J connectivity index is 1.04. The van der Waals surface area contributed by atoms with Gasteiger partial charge in [-0.1, -0.05) is 0 Å². The highest BCUT2D eigenvalue weighted by Crippen LogP contribution is 2.39. The molecule has 0 bridgehead atoms. The molecule has 3 aromatic rings. The van der Waals surface area contributed by atoms with E-state index in [0.717, 1.165) is 66.1 Å². The Hall–Kier alpha value is -2.34. The highest BCUT2D eigenvalue weighted by Gasteiger charge is 2.46. The molecule has 1 spiro atoms. The van der Waals surface area contributed by atoms with E-state index in [1.807, 2.05) is 17.8 Å². The number of hydrogen-bond acceptors (Lipinski definition) is 10. The van der Waals surface area contributed by atoms with E-state index in [1.54, 1.807) is 0 Å². The Labute approximate surface area is 221 Å². The van der Waals surface area contributed by atoms with Crippen molar-refractivity contribution >= 4 is 39.2 Å². The molecule has 4 fully saturated rings. The minimum absolute atomic E-state index is 0.389. The van der Waals surface area contributed by atoms with E-state index in [4.69, 9.17) is 14.7 Å². The lowest BCUT2D eigenvalue weighted by atomic mass is 9.89. The van der Waals surface area contributed by atoms with Crippen LogP contribution < -0.4 is 16.0 Å². The molecule has 2 saturated carbocycles. The Morgan fingerprint density at radius 1 is 1.08 bits per heavy atom. The van der Waals surface area contributed by atoms with Crippen molar-refractivity contribution in [1.29, 1.82) is 0 Å². The number of ether oxygens (including phenoxy) is 1. The fourth-order valence-electron chi connectivity index (χ4n) is 6.40. The van der Waals surface area contributed by atoms with Gasteiger partial charge in [0.2, 0.25) is 5.95 Å². The van der Waals surface area contributed by atoms with Crippen molar-refractivity contribution < 1.29 is 4.74 Å². The maximum atomic E-state index is 5.50. The Morgan fingerprint density at radius 3 is 2.73 bits per heavy atom. The van der Waals surface area contributed by atoms with Gasteiger partial charge in [-0.05, 0) is 69.8 Å². The third-order valence-corrected chi connectivity index (χ3v) is 9.58. The van der Waals surface area contributed by atoms with E-state index in [9.17, 15) is 0 Å². The second-order valence-electron chi connectivity index (χ2n) is 11.3. The maximum Gasteiger partial charge on any atom is 0.230 e. The van der Waals surface area contributed by atoms with Gasteiger partial charge in [0.15, 0.2) is 4.83 Å². The van der Waals surface area contributed by atoms with Crippen molar-refractivity contribution in [2.45, 2.75) is 82.0 Å². The van der Waals surface area contributed by atoms with E-state index in [1.165, 1.54) is 63.1 Å². The van der Waals surface area contributed by atoms with Gasteiger partial charge in [-0.3, -0.25) is 9.58 Å². The standard InChI is InChI=1S/C26H37N9OS/c1-17-22-23(29-18-2-4-20(5-3-18)34-11-10-27-26(16-34)8-9-26)31-25(32-24(22)37-33-17)30-19-14-28-35(15-19)21-6-12-36-13-7-21/h14-15,18,20-21,27H,2-13,16H2,1H3,(H2,29,30,31,32). The van der Waals surface area contributed by atoms with Crippen LogP contribution in [0, 0.1) is 6.92 Å². The summed E-state index contributed by atoms with van der Waals surface area (Å²) in [5.41, 5.74) is 2.35. The molecule has 0 unspecified atom stereocenters. The Kier molecular flexibility index (Phi) is 6.26. The van der Waals surface area contributed by atoms with Crippen molar-refractivity contribution in [1.82, 2.24) is 34.3 Å². The average molecular weight is 524 g/mol. The number of anilines is 3. The summed E-state index contributed by atoms with van der Waals surface area (Å²) in [6.07, 6.45) is 13.4. The summed E-state index contributed by atoms with van der Waals surface area (Å²) in [4.78, 5) is 13.4. The maximum absolute atomic E-state index is 5.50. The largest absolute Gasteiger partial charge is 0.381 e. The van der Waals surface area contributed by atoms with E-state index >= 15 is 0 Å². The normalized spacial score (nSPS) is 26.5. The van der Waals surface area contributed by atoms with E-state index in [0.29, 0.717) is 23.6 Å². The van der Waals surface area contributed by atoms with Crippen LogP contribution in [0.1, 0.15) is 63.1 Å². The first kappa shape index (κ1) is 23.8. The molecule has 2 aliphatic heterocycles. The summed E-state index contributed by atoms with van der Waals surface area (Å²) in [6.45, 7) is 7.22. The summed E-state index contributed by atoms with van der Waals surface area (Å²) in [5.74, 6) is 1.49. The van der Waals surface area contributed by atoms with Gasteiger partial charge in [-0.2, -0.15) is 19.4 Å². The molecular weight excluding hydrogens is 486 g/mol. The minimum atomic E-state index is 0.389. The lowest BCUT2D eigenvalue weighted by molar-refractivity contribution is 0.0662. The number of nitrogens with zero attached hydrogens (tertiary/aromatic N) is 6. The van der Waals surface area contributed by atoms with E-state index < -0.39 is 0 Å². The number of aromatic nitrogens is 5. The average Bonchev–Trinajstić information content (AvgIpc) is 3.31. The monoisotopic (exact) mass is 523 g/mol. The number of fused-ring (bicyclic) bond motifs is 1. The molecule has 0 aromatic carbocycles. The van der Waals surface area contributed by atoms with Gasteiger partial charge in [0.25, 0.3) is 0 Å². The first-order valence-electron chi connectivity index (χ1n) is 13.9. The van der Waals surface area contributed by atoms with Crippen LogP contribution >= 0.6 is 11.5 Å². The second-order valence-corrected chi connectivity index (χ2v) is 12.1. The molecule has 3 N–H and O–H groups in total. The SMILES string of the molecule is Cc1nsc2nc(Nc3cnn(C4CCOCC4)c3)nc(NC3CCC(N4CCNC5(CC5)C4)CC3)c12. The number of aryl methyl sites for hydroxylation is 1. The number of hydrogen-bond donors (Lipinski definition) is 3. The Morgan fingerprint density at radius 2 is 1.92 bits per heavy atom. The van der Waals surface area contributed by atoms with Crippen LogP contribution in [0.15, 0.2) is 12.4 Å². The highest BCUT2D eigenvalue weighted by atomic mass is 32.1. The van der Waals surface area contributed by atoms with E-state index in [2.05, 4.69) is 36.5 Å². The summed E-state index contributed by atoms with van der Waals surface area (Å²) >= 11 is 1.44. The van der Waals surface area contributed by atoms with Gasteiger partial charge in [0.1, 0.15) is 5.82 Å². The van der Waals surface area contributed by atoms with Crippen LogP contribution in [0.3, 0.4) is 0 Å². The quantitative estimate of drug-likeness (QED) is 0.444. The fourth-order valence-corrected chi connectivity index (χ4v) is 7.17. The zero-order valence-corrected chi connectivity index (χ0v) is 22.4. The summed E-state index contributed by atoms with van der Waals surface area (Å²) in [5, 5.41) is 16.6. The van der Waals surface area contributed by atoms with Crippen LogP contribution in [0.25, 0.3) is 10.2 Å². The zero-order chi connectivity index (χ0) is 24.8. The molecule has 0 amide bonds. The lowest BCUT2D eigenvalue weighted by Crippen LogP contribution is -2.56. The number of rotatable bonds is 6. The summed E-state index contributed by atoms with van der Waals surface area (Å²) in [7, 11) is 0. The van der Waals surface area contributed by atoms with Crippen LogP contribution in [0.2, 0.25) is 0 Å². The molecule has 2 aliphatic carbocycles. The first-order chi connectivity index (χ1) is 18.1. The summed E-state index contributed by atoms with van der Waals surface area (Å²) < 4.78 is 12.1. The molecule has 4 aliphatic rings. The third kappa shape index (κ3) is 4.94. The molecule has 10 nitrogen and oxygen atoms in total. The molecule has 198 valence electrons. The van der Waals surface area contributed by atoms with Crippen molar-refractivity contribution in [3.05, 3.63) is 18.1 Å². The molecule has 11 heteroatoms. The van der Waals surface area contributed by atoms with Crippen LogP contribution in [-0.2, 0) is 4.74 Å². The topological polar surface area (TPSA) is 105 Å². The van der Waals surface area contributed by atoms with Crippen molar-refractivity contribution in [2.75, 3.05) is 43.5 Å². The van der Waals surface area contributed by atoms with Gasteiger partial charge < -0.3 is 20.7 Å². The molecule has 0 radical (unpaired) electrons. The molecular formula is C26H37N9OS. The minimum Gasteiger partial charge on any atom is -0.381 e. The van der Waals surface area contributed by atoms with E-state index in [-0.39, 0.29) is 0 Å². The van der Waals surface area contributed by atoms with Gasteiger partial charge in [0, 0.05) is 56.7 Å².